The van der Waals surface area contributed by atoms with E-state index in [-0.39, 0.29) is 12.2 Å². The maximum atomic E-state index is 11.9. The number of benzene rings is 1. The molecule has 0 aliphatic carbocycles. The predicted molar refractivity (Wildman–Crippen MR) is 73.1 cm³/mol. The SMILES string of the molecule is CCOC(=O)NC(=O)COC(=O)c1ccccc1OCC. The van der Waals surface area contributed by atoms with Crippen molar-refractivity contribution in [3.05, 3.63) is 29.8 Å². The number of esters is 1. The lowest BCUT2D eigenvalue weighted by Gasteiger charge is -2.09. The molecule has 0 radical (unpaired) electrons. The first-order valence-corrected chi connectivity index (χ1v) is 6.44. The van der Waals surface area contributed by atoms with Gasteiger partial charge in [-0.3, -0.25) is 10.1 Å². The van der Waals surface area contributed by atoms with Crippen molar-refractivity contribution in [2.24, 2.45) is 0 Å². The van der Waals surface area contributed by atoms with Gasteiger partial charge in [0.25, 0.3) is 5.91 Å². The van der Waals surface area contributed by atoms with Crippen LogP contribution in [0.15, 0.2) is 24.3 Å². The van der Waals surface area contributed by atoms with Crippen LogP contribution in [0.3, 0.4) is 0 Å². The van der Waals surface area contributed by atoms with E-state index in [0.29, 0.717) is 12.4 Å². The van der Waals surface area contributed by atoms with Crippen LogP contribution in [0.2, 0.25) is 0 Å². The van der Waals surface area contributed by atoms with Gasteiger partial charge in [0.15, 0.2) is 6.61 Å². The number of rotatable bonds is 6. The molecular formula is C14H17NO6. The fourth-order valence-electron chi connectivity index (χ4n) is 1.44. The highest BCUT2D eigenvalue weighted by Gasteiger charge is 2.16. The molecule has 1 N–H and O–H groups in total. The monoisotopic (exact) mass is 295 g/mol. The van der Waals surface area contributed by atoms with Gasteiger partial charge in [-0.15, -0.1) is 0 Å². The number of carbonyl (C=O) groups excluding carboxylic acids is 3. The zero-order valence-electron chi connectivity index (χ0n) is 11.9. The number of carbonyl (C=O) groups is 3. The van der Waals surface area contributed by atoms with Crippen LogP contribution >= 0.6 is 0 Å². The molecule has 0 atom stereocenters. The van der Waals surface area contributed by atoms with Gasteiger partial charge in [0, 0.05) is 0 Å². The molecule has 7 heteroatoms. The number of imide groups is 1. The Morgan fingerprint density at radius 2 is 1.76 bits per heavy atom. The normalized spacial score (nSPS) is 9.62. The third kappa shape index (κ3) is 5.52. The number of amides is 2. The fourth-order valence-corrected chi connectivity index (χ4v) is 1.44. The summed E-state index contributed by atoms with van der Waals surface area (Å²) in [5, 5.41) is 1.92. The molecule has 21 heavy (non-hydrogen) atoms. The molecule has 0 aliphatic heterocycles. The number of nitrogens with one attached hydrogen (secondary N) is 1. The van der Waals surface area contributed by atoms with Crippen molar-refractivity contribution >= 4 is 18.0 Å². The van der Waals surface area contributed by atoms with Crippen molar-refractivity contribution in [2.45, 2.75) is 13.8 Å². The van der Waals surface area contributed by atoms with Crippen LogP contribution in [0.25, 0.3) is 0 Å². The third-order valence-corrected chi connectivity index (χ3v) is 2.26. The van der Waals surface area contributed by atoms with E-state index in [9.17, 15) is 14.4 Å². The van der Waals surface area contributed by atoms with Crippen molar-refractivity contribution in [1.82, 2.24) is 5.32 Å². The van der Waals surface area contributed by atoms with Gasteiger partial charge in [0.2, 0.25) is 0 Å². The van der Waals surface area contributed by atoms with Gasteiger partial charge < -0.3 is 14.2 Å². The Hall–Kier alpha value is -2.57. The van der Waals surface area contributed by atoms with Crippen molar-refractivity contribution in [3.63, 3.8) is 0 Å². The summed E-state index contributed by atoms with van der Waals surface area (Å²) in [6.07, 6.45) is -0.881. The third-order valence-electron chi connectivity index (χ3n) is 2.26. The molecule has 0 fully saturated rings. The maximum Gasteiger partial charge on any atom is 0.413 e. The molecule has 0 aliphatic rings. The van der Waals surface area contributed by atoms with E-state index in [0.717, 1.165) is 0 Å². The zero-order valence-corrected chi connectivity index (χ0v) is 11.9. The lowest BCUT2D eigenvalue weighted by atomic mass is 10.2. The molecular weight excluding hydrogens is 278 g/mol. The lowest BCUT2D eigenvalue weighted by Crippen LogP contribution is -2.34. The van der Waals surface area contributed by atoms with E-state index in [1.54, 1.807) is 32.0 Å². The average molecular weight is 295 g/mol. The molecule has 1 aromatic rings. The van der Waals surface area contributed by atoms with E-state index >= 15 is 0 Å². The van der Waals surface area contributed by atoms with Gasteiger partial charge >= 0.3 is 12.1 Å². The van der Waals surface area contributed by atoms with Crippen molar-refractivity contribution in [2.75, 3.05) is 19.8 Å². The van der Waals surface area contributed by atoms with Crippen LogP contribution in [0.5, 0.6) is 5.75 Å². The lowest BCUT2D eigenvalue weighted by molar-refractivity contribution is -0.123. The van der Waals surface area contributed by atoms with E-state index in [1.807, 2.05) is 5.32 Å². The molecule has 7 nitrogen and oxygen atoms in total. The van der Waals surface area contributed by atoms with Crippen molar-refractivity contribution in [3.8, 4) is 5.75 Å². The number of hydrogen-bond acceptors (Lipinski definition) is 6. The zero-order chi connectivity index (χ0) is 15.7. The quantitative estimate of drug-likeness (QED) is 0.800. The maximum absolute atomic E-state index is 11.9. The molecule has 0 spiro atoms. The highest BCUT2D eigenvalue weighted by Crippen LogP contribution is 2.18. The van der Waals surface area contributed by atoms with Crippen LogP contribution in [-0.2, 0) is 14.3 Å². The highest BCUT2D eigenvalue weighted by atomic mass is 16.6. The Bertz CT molecular complexity index is 514. The minimum atomic E-state index is -0.881. The van der Waals surface area contributed by atoms with Gasteiger partial charge in [-0.2, -0.15) is 0 Å². The molecule has 0 aromatic heterocycles. The number of ether oxygens (including phenoxy) is 3. The predicted octanol–water partition coefficient (Wildman–Crippen LogP) is 1.51. The van der Waals surface area contributed by atoms with Gasteiger partial charge in [0.05, 0.1) is 13.2 Å². The number of alkyl carbamates (subject to hydrolysis) is 1. The molecule has 0 saturated heterocycles. The van der Waals surface area contributed by atoms with Crippen LogP contribution in [0.4, 0.5) is 4.79 Å². The fraction of sp³-hybridized carbons (Fsp3) is 0.357. The highest BCUT2D eigenvalue weighted by molar-refractivity contribution is 5.96. The second kappa shape index (κ2) is 8.57. The standard InChI is InChI=1S/C14H17NO6/c1-3-19-11-8-6-5-7-10(11)13(17)21-9-12(16)15-14(18)20-4-2/h5-8H,3-4,9H2,1-2H3,(H,15,16,18). The van der Waals surface area contributed by atoms with Gasteiger partial charge in [-0.05, 0) is 26.0 Å². The van der Waals surface area contributed by atoms with Gasteiger partial charge in [-0.1, -0.05) is 12.1 Å². The minimum absolute atomic E-state index is 0.140. The first-order valence-electron chi connectivity index (χ1n) is 6.44. The van der Waals surface area contributed by atoms with E-state index in [2.05, 4.69) is 4.74 Å². The summed E-state index contributed by atoms with van der Waals surface area (Å²) in [6.45, 7) is 3.34. The molecule has 1 rings (SSSR count). The summed E-state index contributed by atoms with van der Waals surface area (Å²) < 4.78 is 14.6. The summed E-state index contributed by atoms with van der Waals surface area (Å²) >= 11 is 0. The van der Waals surface area contributed by atoms with E-state index in [1.165, 1.54) is 6.07 Å². The summed E-state index contributed by atoms with van der Waals surface area (Å²) in [6, 6.07) is 6.52. The second-order valence-corrected chi connectivity index (χ2v) is 3.77. The molecule has 1 aromatic carbocycles. The Morgan fingerprint density at radius 3 is 2.43 bits per heavy atom. The smallest absolute Gasteiger partial charge is 0.413 e. The van der Waals surface area contributed by atoms with Crippen LogP contribution in [-0.4, -0.2) is 37.8 Å². The largest absolute Gasteiger partial charge is 0.493 e. The van der Waals surface area contributed by atoms with Gasteiger partial charge in [0.1, 0.15) is 11.3 Å². The van der Waals surface area contributed by atoms with E-state index in [4.69, 9.17) is 9.47 Å². The summed E-state index contributed by atoms with van der Waals surface area (Å²) in [5.41, 5.74) is 0.211. The topological polar surface area (TPSA) is 90.9 Å². The Balaban J connectivity index is 2.54. The van der Waals surface area contributed by atoms with Crippen molar-refractivity contribution < 1.29 is 28.6 Å². The average Bonchev–Trinajstić information content (AvgIpc) is 2.46. The van der Waals surface area contributed by atoms with Gasteiger partial charge in [-0.25, -0.2) is 9.59 Å². The molecule has 2 amide bonds. The summed E-state index contributed by atoms with van der Waals surface area (Å²) in [5.74, 6) is -1.11. The molecule has 114 valence electrons. The molecule has 0 bridgehead atoms. The van der Waals surface area contributed by atoms with Crippen molar-refractivity contribution in [1.29, 1.82) is 0 Å². The van der Waals surface area contributed by atoms with Crippen LogP contribution < -0.4 is 10.1 Å². The minimum Gasteiger partial charge on any atom is -0.493 e. The Kier molecular flexibility index (Phi) is 6.73. The Morgan fingerprint density at radius 1 is 1.05 bits per heavy atom. The number of para-hydroxylation sites is 1. The molecule has 0 saturated carbocycles. The van der Waals surface area contributed by atoms with Crippen LogP contribution in [0.1, 0.15) is 24.2 Å². The first-order chi connectivity index (χ1) is 10.1. The molecule has 0 heterocycles. The Labute approximate surface area is 122 Å². The van der Waals surface area contributed by atoms with E-state index < -0.39 is 24.6 Å². The molecule has 0 unspecified atom stereocenters. The number of hydrogen-bond donors (Lipinski definition) is 1. The first kappa shape index (κ1) is 16.5. The second-order valence-electron chi connectivity index (χ2n) is 3.77. The summed E-state index contributed by atoms with van der Waals surface area (Å²) in [7, 11) is 0. The summed E-state index contributed by atoms with van der Waals surface area (Å²) in [4.78, 5) is 34.2. The van der Waals surface area contributed by atoms with Crippen LogP contribution in [0, 0.1) is 0 Å².